The minimum Gasteiger partial charge on any atom is -0.380 e. The molecule has 1 aliphatic rings. The van der Waals surface area contributed by atoms with E-state index in [4.69, 9.17) is 23.2 Å². The summed E-state index contributed by atoms with van der Waals surface area (Å²) in [5.74, 6) is 0.0524. The quantitative estimate of drug-likeness (QED) is 0.788. The first kappa shape index (κ1) is 15.9. The van der Waals surface area contributed by atoms with Gasteiger partial charge in [0.05, 0.1) is 10.0 Å². The summed E-state index contributed by atoms with van der Waals surface area (Å²) in [6, 6.07) is 9.86. The minimum atomic E-state index is -0.971. The Balaban J connectivity index is 2.19. The molecule has 0 aliphatic heterocycles. The maximum atomic E-state index is 11.4. The molecule has 22 heavy (non-hydrogen) atoms. The van der Waals surface area contributed by atoms with Crippen molar-refractivity contribution in [3.05, 3.63) is 68.2 Å². The summed E-state index contributed by atoms with van der Waals surface area (Å²) >= 11 is 12.2. The van der Waals surface area contributed by atoms with Gasteiger partial charge in [-0.1, -0.05) is 62.2 Å². The molecule has 0 aromatic heterocycles. The Morgan fingerprint density at radius 2 is 1.77 bits per heavy atom. The molecule has 1 N–H and O–H groups in total. The van der Waals surface area contributed by atoms with Crippen molar-refractivity contribution < 1.29 is 5.11 Å². The van der Waals surface area contributed by atoms with Gasteiger partial charge in [0, 0.05) is 5.92 Å². The van der Waals surface area contributed by atoms with Crippen molar-refractivity contribution in [2.45, 2.75) is 45.1 Å². The fourth-order valence-electron chi connectivity index (χ4n) is 3.58. The predicted octanol–water partition coefficient (Wildman–Crippen LogP) is 5.47. The Morgan fingerprint density at radius 1 is 1.05 bits per heavy atom. The number of fused-ring (bicyclic) bond motifs is 1. The van der Waals surface area contributed by atoms with Gasteiger partial charge in [0.15, 0.2) is 0 Å². The van der Waals surface area contributed by atoms with Gasteiger partial charge >= 0.3 is 0 Å². The molecule has 0 bridgehead atoms. The summed E-state index contributed by atoms with van der Waals surface area (Å²) in [6.45, 7) is 6.37. The van der Waals surface area contributed by atoms with Crippen LogP contribution in [-0.4, -0.2) is 5.11 Å². The van der Waals surface area contributed by atoms with Crippen molar-refractivity contribution in [2.24, 2.45) is 0 Å². The zero-order valence-electron chi connectivity index (χ0n) is 13.1. The van der Waals surface area contributed by atoms with Crippen molar-refractivity contribution in [3.8, 4) is 0 Å². The molecular weight excluding hydrogens is 315 g/mol. The molecule has 2 atom stereocenters. The smallest absolute Gasteiger partial charge is 0.122 e. The van der Waals surface area contributed by atoms with Crippen molar-refractivity contribution in [3.63, 3.8) is 0 Å². The molecule has 0 saturated carbocycles. The molecule has 0 radical (unpaired) electrons. The predicted molar refractivity (Wildman–Crippen MR) is 93.1 cm³/mol. The van der Waals surface area contributed by atoms with Crippen LogP contribution in [0.25, 0.3) is 0 Å². The second-order valence-corrected chi connectivity index (χ2v) is 6.86. The molecule has 0 spiro atoms. The van der Waals surface area contributed by atoms with E-state index in [2.05, 4.69) is 32.9 Å². The monoisotopic (exact) mass is 334 g/mol. The Morgan fingerprint density at radius 3 is 2.36 bits per heavy atom. The number of aliphatic hydroxyl groups is 1. The lowest BCUT2D eigenvalue weighted by atomic mass is 9.60. The van der Waals surface area contributed by atoms with E-state index in [1.807, 2.05) is 6.07 Å². The maximum absolute atomic E-state index is 11.4. The third kappa shape index (κ3) is 2.11. The molecule has 1 unspecified atom stereocenters. The summed E-state index contributed by atoms with van der Waals surface area (Å²) < 4.78 is 0. The topological polar surface area (TPSA) is 20.2 Å². The number of hydrogen-bond acceptors (Lipinski definition) is 1. The fourth-order valence-corrected chi connectivity index (χ4v) is 3.87. The molecule has 1 aliphatic carbocycles. The van der Waals surface area contributed by atoms with Gasteiger partial charge in [0.25, 0.3) is 0 Å². The molecule has 0 saturated heterocycles. The zero-order valence-corrected chi connectivity index (χ0v) is 14.6. The normalized spacial score (nSPS) is 23.1. The average molecular weight is 335 g/mol. The van der Waals surface area contributed by atoms with E-state index in [0.717, 1.165) is 24.0 Å². The van der Waals surface area contributed by atoms with Gasteiger partial charge in [0.2, 0.25) is 0 Å². The van der Waals surface area contributed by atoms with E-state index in [0.29, 0.717) is 10.0 Å². The third-order valence-corrected chi connectivity index (χ3v) is 5.67. The van der Waals surface area contributed by atoms with E-state index in [9.17, 15) is 5.11 Å². The van der Waals surface area contributed by atoms with Crippen LogP contribution in [0.4, 0.5) is 0 Å². The molecule has 1 nitrogen and oxygen atoms in total. The first-order valence-corrected chi connectivity index (χ1v) is 8.53. The first-order valence-electron chi connectivity index (χ1n) is 7.77. The van der Waals surface area contributed by atoms with Crippen LogP contribution in [0.15, 0.2) is 30.3 Å². The van der Waals surface area contributed by atoms with Gasteiger partial charge in [-0.15, -0.1) is 0 Å². The standard InChI is InChI=1S/C19H20Cl2O/c1-4-12-8-13(5-2)18-15(9-12)11(3)19(18,22)14-6-7-16(20)17(21)10-14/h6-11,22H,4-5H2,1-3H3/t11?,19-/m0/s1. The van der Waals surface area contributed by atoms with E-state index in [1.165, 1.54) is 16.7 Å². The number of rotatable bonds is 3. The van der Waals surface area contributed by atoms with E-state index in [-0.39, 0.29) is 5.92 Å². The lowest BCUT2D eigenvalue weighted by Crippen LogP contribution is -2.44. The number of aryl methyl sites for hydroxylation is 2. The fraction of sp³-hybridized carbons (Fsp3) is 0.368. The molecule has 116 valence electrons. The van der Waals surface area contributed by atoms with E-state index >= 15 is 0 Å². The van der Waals surface area contributed by atoms with Crippen molar-refractivity contribution in [1.29, 1.82) is 0 Å². The summed E-state index contributed by atoms with van der Waals surface area (Å²) in [6.07, 6.45) is 1.92. The molecule has 0 heterocycles. The summed E-state index contributed by atoms with van der Waals surface area (Å²) in [4.78, 5) is 0. The van der Waals surface area contributed by atoms with Gasteiger partial charge in [-0.25, -0.2) is 0 Å². The lowest BCUT2D eigenvalue weighted by Gasteiger charge is -2.48. The van der Waals surface area contributed by atoms with Crippen LogP contribution in [0.2, 0.25) is 10.0 Å². The van der Waals surface area contributed by atoms with Crippen LogP contribution in [0.5, 0.6) is 0 Å². The van der Waals surface area contributed by atoms with Gasteiger partial charge in [0.1, 0.15) is 5.60 Å². The first-order chi connectivity index (χ1) is 10.4. The molecule has 2 aromatic rings. The zero-order chi connectivity index (χ0) is 16.1. The molecular formula is C19H20Cl2O. The molecule has 3 heteroatoms. The molecule has 3 rings (SSSR count). The Labute approximate surface area is 141 Å². The summed E-state index contributed by atoms with van der Waals surface area (Å²) in [7, 11) is 0. The number of halogens is 2. The van der Waals surface area contributed by atoms with Crippen LogP contribution in [-0.2, 0) is 18.4 Å². The second-order valence-electron chi connectivity index (χ2n) is 6.04. The number of benzene rings is 2. The highest BCUT2D eigenvalue weighted by Crippen LogP contribution is 2.55. The van der Waals surface area contributed by atoms with E-state index in [1.54, 1.807) is 12.1 Å². The van der Waals surface area contributed by atoms with Crippen LogP contribution in [0.1, 0.15) is 54.5 Å². The lowest BCUT2D eigenvalue weighted by molar-refractivity contribution is 0.0263. The maximum Gasteiger partial charge on any atom is 0.122 e. The Kier molecular flexibility index (Phi) is 4.01. The Bertz CT molecular complexity index is 721. The highest BCUT2D eigenvalue weighted by molar-refractivity contribution is 6.42. The van der Waals surface area contributed by atoms with Crippen molar-refractivity contribution in [1.82, 2.24) is 0 Å². The van der Waals surface area contributed by atoms with Crippen LogP contribution < -0.4 is 0 Å². The van der Waals surface area contributed by atoms with Crippen molar-refractivity contribution in [2.75, 3.05) is 0 Å². The van der Waals surface area contributed by atoms with Crippen molar-refractivity contribution >= 4 is 23.2 Å². The SMILES string of the molecule is CCc1cc(CC)c2c(c1)C(C)[C@]2(O)c1ccc(Cl)c(Cl)c1. The molecule has 0 amide bonds. The highest BCUT2D eigenvalue weighted by atomic mass is 35.5. The average Bonchev–Trinajstić information content (AvgIpc) is 2.54. The molecule has 2 aromatic carbocycles. The highest BCUT2D eigenvalue weighted by Gasteiger charge is 2.50. The van der Waals surface area contributed by atoms with Gasteiger partial charge < -0.3 is 5.11 Å². The third-order valence-electron chi connectivity index (χ3n) is 4.93. The minimum absolute atomic E-state index is 0.0524. The van der Waals surface area contributed by atoms with E-state index < -0.39 is 5.60 Å². The van der Waals surface area contributed by atoms with Crippen LogP contribution in [0.3, 0.4) is 0 Å². The summed E-state index contributed by atoms with van der Waals surface area (Å²) in [5.41, 5.74) is 4.71. The largest absolute Gasteiger partial charge is 0.380 e. The van der Waals surface area contributed by atoms with Gasteiger partial charge in [-0.3, -0.25) is 0 Å². The van der Waals surface area contributed by atoms with Crippen LogP contribution >= 0.6 is 23.2 Å². The number of hydrogen-bond donors (Lipinski definition) is 1. The van der Waals surface area contributed by atoms with Gasteiger partial charge in [-0.05, 0) is 52.8 Å². The van der Waals surface area contributed by atoms with Crippen LogP contribution in [0, 0.1) is 0 Å². The molecule has 0 fully saturated rings. The van der Waals surface area contributed by atoms with Gasteiger partial charge in [-0.2, -0.15) is 0 Å². The Hall–Kier alpha value is -1.02. The summed E-state index contributed by atoms with van der Waals surface area (Å²) in [5, 5.41) is 12.4. The second kappa shape index (κ2) is 5.56.